The number of hydrogen-bond acceptors (Lipinski definition) is 4. The molecule has 0 fully saturated rings. The Morgan fingerprint density at radius 2 is 1.96 bits per heavy atom. The van der Waals surface area contributed by atoms with Crippen LogP contribution in [0.4, 0.5) is 13.2 Å². The van der Waals surface area contributed by atoms with Gasteiger partial charge in [-0.3, -0.25) is 0 Å². The quantitative estimate of drug-likeness (QED) is 0.702. The Hall–Kier alpha value is -2.92. The first-order chi connectivity index (χ1) is 11.3. The fraction of sp³-hybridized carbons (Fsp3) is 0.0625. The smallest absolute Gasteiger partial charge is 0.347 e. The molecule has 0 unspecified atom stereocenters. The molecule has 0 radical (unpaired) electrons. The molecular weight excluding hydrogens is 341 g/mol. The predicted molar refractivity (Wildman–Crippen MR) is 81.3 cm³/mol. The molecule has 0 aliphatic rings. The summed E-state index contributed by atoms with van der Waals surface area (Å²) < 4.78 is 41.4. The van der Waals surface area contributed by atoms with E-state index in [-0.39, 0.29) is 32.1 Å². The Morgan fingerprint density at radius 1 is 1.25 bits per heavy atom. The Bertz CT molecular complexity index is 1050. The van der Waals surface area contributed by atoms with Gasteiger partial charge in [-0.05, 0) is 19.1 Å². The van der Waals surface area contributed by atoms with Crippen LogP contribution < -0.4 is 0 Å². The van der Waals surface area contributed by atoms with Crippen molar-refractivity contribution < 1.29 is 23.1 Å². The number of carbonyl (C=O) groups is 1. The number of hydrogen-bond donors (Lipinski definition) is 1. The van der Waals surface area contributed by atoms with E-state index in [9.17, 15) is 23.2 Å². The van der Waals surface area contributed by atoms with Crippen LogP contribution in [0.3, 0.4) is 0 Å². The van der Waals surface area contributed by atoms with Gasteiger partial charge in [0.2, 0.25) is 0 Å². The van der Waals surface area contributed by atoms with Gasteiger partial charge in [-0.15, -0.1) is 11.3 Å². The molecule has 0 saturated heterocycles. The lowest BCUT2D eigenvalue weighted by molar-refractivity contribution is 0.0701. The van der Waals surface area contributed by atoms with Crippen LogP contribution in [0.5, 0.6) is 0 Å². The number of aromatic nitrogens is 1. The minimum absolute atomic E-state index is 0.00509. The number of halogens is 3. The molecule has 0 aliphatic heterocycles. The molecule has 0 amide bonds. The fourth-order valence-corrected chi connectivity index (χ4v) is 3.27. The number of aryl methyl sites for hydroxylation is 1. The highest BCUT2D eigenvalue weighted by molar-refractivity contribution is 7.17. The van der Waals surface area contributed by atoms with Gasteiger partial charge in [0, 0.05) is 22.4 Å². The third-order valence-electron chi connectivity index (χ3n) is 3.44. The molecule has 1 heterocycles. The van der Waals surface area contributed by atoms with Crippen molar-refractivity contribution in [3.63, 3.8) is 0 Å². The highest BCUT2D eigenvalue weighted by Gasteiger charge is 2.20. The first-order valence-corrected chi connectivity index (χ1v) is 7.37. The number of nitriles is 1. The van der Waals surface area contributed by atoms with Gasteiger partial charge in [0.25, 0.3) is 0 Å². The number of thiazole rings is 1. The van der Waals surface area contributed by atoms with Gasteiger partial charge >= 0.3 is 5.97 Å². The largest absolute Gasteiger partial charge is 0.477 e. The standard InChI is InChI=1S/C16H7F3N2O2S/c1-6-14(16(22)23)24-15(21-6)7-2-8(5-20)12-9(3-7)13(19)11(18)4-10(12)17/h2-4H,1H3,(H,22,23). The van der Waals surface area contributed by atoms with Crippen LogP contribution in [0.15, 0.2) is 18.2 Å². The van der Waals surface area contributed by atoms with E-state index in [4.69, 9.17) is 5.11 Å². The predicted octanol–water partition coefficient (Wildman–Crippen LogP) is 4.26. The van der Waals surface area contributed by atoms with E-state index in [0.29, 0.717) is 6.07 Å². The molecule has 2 aromatic carbocycles. The third kappa shape index (κ3) is 2.39. The van der Waals surface area contributed by atoms with Crippen LogP contribution in [-0.4, -0.2) is 16.1 Å². The summed E-state index contributed by atoms with van der Waals surface area (Å²) in [6, 6.07) is 4.55. The number of carboxylic acid groups (broad SMARTS) is 1. The van der Waals surface area contributed by atoms with Crippen LogP contribution in [0.1, 0.15) is 20.9 Å². The Morgan fingerprint density at radius 3 is 2.54 bits per heavy atom. The van der Waals surface area contributed by atoms with Crippen molar-refractivity contribution in [1.29, 1.82) is 5.26 Å². The molecule has 8 heteroatoms. The molecule has 0 aliphatic carbocycles. The maximum absolute atomic E-state index is 14.0. The van der Waals surface area contributed by atoms with Gasteiger partial charge < -0.3 is 5.11 Å². The first kappa shape index (κ1) is 16.0. The summed E-state index contributed by atoms with van der Waals surface area (Å²) in [5.41, 5.74) is 0.277. The summed E-state index contributed by atoms with van der Waals surface area (Å²) >= 11 is 0.833. The Kier molecular flexibility index (Phi) is 3.73. The van der Waals surface area contributed by atoms with E-state index < -0.39 is 28.8 Å². The van der Waals surface area contributed by atoms with Gasteiger partial charge in [-0.2, -0.15) is 5.26 Å². The van der Waals surface area contributed by atoms with Gasteiger partial charge in [0.15, 0.2) is 11.6 Å². The lowest BCUT2D eigenvalue weighted by atomic mass is 10.0. The molecule has 3 aromatic rings. The van der Waals surface area contributed by atoms with Crippen LogP contribution in [0.2, 0.25) is 0 Å². The van der Waals surface area contributed by atoms with Crippen molar-refractivity contribution in [2.24, 2.45) is 0 Å². The summed E-state index contributed by atoms with van der Waals surface area (Å²) in [7, 11) is 0. The highest BCUT2D eigenvalue weighted by atomic mass is 32.1. The number of nitrogens with zero attached hydrogens (tertiary/aromatic N) is 2. The molecule has 0 bridgehead atoms. The maximum atomic E-state index is 14.0. The maximum Gasteiger partial charge on any atom is 0.347 e. The average molecular weight is 348 g/mol. The highest BCUT2D eigenvalue weighted by Crippen LogP contribution is 2.34. The van der Waals surface area contributed by atoms with E-state index in [2.05, 4.69) is 4.98 Å². The zero-order chi connectivity index (χ0) is 17.6. The molecule has 0 atom stereocenters. The fourth-order valence-electron chi connectivity index (χ4n) is 2.38. The molecule has 3 rings (SSSR count). The number of benzene rings is 2. The second-order valence-corrected chi connectivity index (χ2v) is 5.95. The van der Waals surface area contributed by atoms with Crippen LogP contribution in [0, 0.1) is 35.7 Å². The van der Waals surface area contributed by atoms with Gasteiger partial charge in [-0.25, -0.2) is 22.9 Å². The molecule has 0 spiro atoms. The minimum Gasteiger partial charge on any atom is -0.477 e. The van der Waals surface area contributed by atoms with Crippen molar-refractivity contribution in [3.8, 4) is 16.6 Å². The molecule has 1 aromatic heterocycles. The minimum atomic E-state index is -1.37. The summed E-state index contributed by atoms with van der Waals surface area (Å²) in [5.74, 6) is -4.87. The van der Waals surface area contributed by atoms with Gasteiger partial charge in [0.05, 0.1) is 17.3 Å². The van der Waals surface area contributed by atoms with Crippen LogP contribution in [-0.2, 0) is 0 Å². The summed E-state index contributed by atoms with van der Waals surface area (Å²) in [6.07, 6.45) is 0. The molecule has 1 N–H and O–H groups in total. The summed E-state index contributed by atoms with van der Waals surface area (Å²) in [4.78, 5) is 15.2. The molecule has 24 heavy (non-hydrogen) atoms. The molecule has 4 nitrogen and oxygen atoms in total. The second-order valence-electron chi connectivity index (χ2n) is 4.95. The third-order valence-corrected chi connectivity index (χ3v) is 4.63. The van der Waals surface area contributed by atoms with Gasteiger partial charge in [-0.1, -0.05) is 0 Å². The van der Waals surface area contributed by atoms with E-state index >= 15 is 0 Å². The van der Waals surface area contributed by atoms with E-state index in [1.807, 2.05) is 0 Å². The number of carboxylic acids is 1. The van der Waals surface area contributed by atoms with Crippen molar-refractivity contribution in [2.75, 3.05) is 0 Å². The van der Waals surface area contributed by atoms with Gasteiger partial charge in [0.1, 0.15) is 15.7 Å². The average Bonchev–Trinajstić information content (AvgIpc) is 2.93. The topological polar surface area (TPSA) is 74.0 Å². The van der Waals surface area contributed by atoms with E-state index in [0.717, 1.165) is 17.4 Å². The lowest BCUT2D eigenvalue weighted by Gasteiger charge is -2.07. The number of aromatic carboxylic acids is 1. The van der Waals surface area contributed by atoms with Crippen LogP contribution in [0.25, 0.3) is 21.3 Å². The SMILES string of the molecule is Cc1nc(-c2cc(C#N)c3c(F)cc(F)c(F)c3c2)sc1C(=O)O. The van der Waals surface area contributed by atoms with Crippen molar-refractivity contribution in [3.05, 3.63) is 51.8 Å². The Labute approximate surface area is 137 Å². The molecule has 120 valence electrons. The first-order valence-electron chi connectivity index (χ1n) is 6.56. The number of fused-ring (bicyclic) bond motifs is 1. The number of rotatable bonds is 2. The zero-order valence-electron chi connectivity index (χ0n) is 12.0. The lowest BCUT2D eigenvalue weighted by Crippen LogP contribution is -1.94. The zero-order valence-corrected chi connectivity index (χ0v) is 12.8. The van der Waals surface area contributed by atoms with Crippen molar-refractivity contribution >= 4 is 28.1 Å². The molecule has 0 saturated carbocycles. The Balaban J connectivity index is 2.35. The second kappa shape index (κ2) is 5.62. The molecular formula is C16H7F3N2O2S. The van der Waals surface area contributed by atoms with Crippen molar-refractivity contribution in [1.82, 2.24) is 4.98 Å². The van der Waals surface area contributed by atoms with Crippen molar-refractivity contribution in [2.45, 2.75) is 6.92 Å². The normalized spacial score (nSPS) is 10.8. The van der Waals surface area contributed by atoms with Crippen LogP contribution >= 0.6 is 11.3 Å². The summed E-state index contributed by atoms with van der Waals surface area (Å²) in [5, 5.41) is 17.8. The van der Waals surface area contributed by atoms with E-state index in [1.54, 1.807) is 6.07 Å². The monoisotopic (exact) mass is 348 g/mol. The summed E-state index contributed by atoms with van der Waals surface area (Å²) in [6.45, 7) is 1.50. The van der Waals surface area contributed by atoms with E-state index in [1.165, 1.54) is 13.0 Å².